The lowest BCUT2D eigenvalue weighted by atomic mass is 10.4. The van der Waals surface area contributed by atoms with Crippen LogP contribution in [-0.4, -0.2) is 16.5 Å². The van der Waals surface area contributed by atoms with Crippen LogP contribution in [0, 0.1) is 5.41 Å². The van der Waals surface area contributed by atoms with E-state index in [2.05, 4.69) is 15.9 Å². The van der Waals surface area contributed by atoms with E-state index in [1.165, 1.54) is 6.20 Å². The lowest BCUT2D eigenvalue weighted by Gasteiger charge is -2.05. The van der Waals surface area contributed by atoms with Gasteiger partial charge in [0, 0.05) is 4.47 Å². The normalized spacial score (nSPS) is 9.83. The van der Waals surface area contributed by atoms with Crippen molar-refractivity contribution in [3.63, 3.8) is 0 Å². The fourth-order valence-electron chi connectivity index (χ4n) is 0.791. The maximum absolute atomic E-state index is 9.13. The van der Waals surface area contributed by atoms with E-state index in [1.807, 2.05) is 6.92 Å². The van der Waals surface area contributed by atoms with E-state index in [4.69, 9.17) is 15.4 Å². The van der Waals surface area contributed by atoms with Gasteiger partial charge in [0.05, 0.1) is 12.8 Å². The molecule has 1 heterocycles. The number of pyridine rings is 1. The molecule has 0 spiro atoms. The average Bonchev–Trinajstić information content (AvgIpc) is 2.00. The predicted molar refractivity (Wildman–Crippen MR) is 46.3 cm³/mol. The zero-order chi connectivity index (χ0) is 9.14. The van der Waals surface area contributed by atoms with Gasteiger partial charge in [0.2, 0.25) is 5.49 Å². The maximum atomic E-state index is 9.13. The molecule has 0 amide bonds. The minimum Gasteiger partial charge on any atom is -0.490 e. The van der Waals surface area contributed by atoms with Gasteiger partial charge in [-0.15, -0.1) is 0 Å². The molecule has 66 valence electrons. The van der Waals surface area contributed by atoms with E-state index < -0.39 is 0 Å². The Kier molecular flexibility index (Phi) is 2.75. The lowest BCUT2D eigenvalue weighted by molar-refractivity contribution is 0.163. The SMILES string of the molecule is CCOc1cc(Br)cn(O)c1=N. The van der Waals surface area contributed by atoms with Crippen molar-refractivity contribution in [2.75, 3.05) is 6.61 Å². The molecule has 0 aliphatic carbocycles. The average molecular weight is 233 g/mol. The molecule has 4 nitrogen and oxygen atoms in total. The van der Waals surface area contributed by atoms with Crippen molar-refractivity contribution in [2.24, 2.45) is 0 Å². The van der Waals surface area contributed by atoms with E-state index in [9.17, 15) is 0 Å². The summed E-state index contributed by atoms with van der Waals surface area (Å²) in [5.41, 5.74) is -0.0555. The molecule has 0 saturated carbocycles. The highest BCUT2D eigenvalue weighted by molar-refractivity contribution is 9.10. The van der Waals surface area contributed by atoms with Crippen molar-refractivity contribution in [1.29, 1.82) is 5.41 Å². The van der Waals surface area contributed by atoms with Crippen LogP contribution in [0.4, 0.5) is 0 Å². The minimum absolute atomic E-state index is 0.0555. The number of hydrogen-bond donors (Lipinski definition) is 2. The molecule has 5 heteroatoms. The molecule has 0 fully saturated rings. The van der Waals surface area contributed by atoms with Gasteiger partial charge in [0.15, 0.2) is 5.75 Å². The van der Waals surface area contributed by atoms with Gasteiger partial charge in [0.1, 0.15) is 0 Å². The van der Waals surface area contributed by atoms with E-state index in [0.29, 0.717) is 21.6 Å². The van der Waals surface area contributed by atoms with E-state index >= 15 is 0 Å². The Morgan fingerprint density at radius 3 is 3.00 bits per heavy atom. The van der Waals surface area contributed by atoms with Gasteiger partial charge >= 0.3 is 0 Å². The van der Waals surface area contributed by atoms with Crippen LogP contribution in [-0.2, 0) is 0 Å². The quantitative estimate of drug-likeness (QED) is 0.758. The largest absolute Gasteiger partial charge is 0.490 e. The van der Waals surface area contributed by atoms with Crippen molar-refractivity contribution in [2.45, 2.75) is 6.92 Å². The summed E-state index contributed by atoms with van der Waals surface area (Å²) in [5.74, 6) is 0.356. The van der Waals surface area contributed by atoms with Gasteiger partial charge in [-0.2, -0.15) is 4.73 Å². The van der Waals surface area contributed by atoms with Gasteiger partial charge in [-0.05, 0) is 28.9 Å². The second kappa shape index (κ2) is 3.62. The molecule has 2 N–H and O–H groups in total. The van der Waals surface area contributed by atoms with Gasteiger partial charge < -0.3 is 9.94 Å². The summed E-state index contributed by atoms with van der Waals surface area (Å²) in [6.07, 6.45) is 1.38. The summed E-state index contributed by atoms with van der Waals surface area (Å²) in [5, 5.41) is 16.5. The summed E-state index contributed by atoms with van der Waals surface area (Å²) >= 11 is 3.17. The van der Waals surface area contributed by atoms with Crippen molar-refractivity contribution >= 4 is 15.9 Å². The summed E-state index contributed by atoms with van der Waals surface area (Å²) in [4.78, 5) is 0. The molecule has 0 radical (unpaired) electrons. The van der Waals surface area contributed by atoms with Crippen molar-refractivity contribution in [3.05, 3.63) is 22.2 Å². The third kappa shape index (κ3) is 1.79. The molecular weight excluding hydrogens is 224 g/mol. The highest BCUT2D eigenvalue weighted by atomic mass is 79.9. The monoisotopic (exact) mass is 232 g/mol. The first-order valence-corrected chi connectivity index (χ1v) is 4.23. The molecule has 1 aromatic rings. The van der Waals surface area contributed by atoms with Crippen molar-refractivity contribution in [1.82, 2.24) is 4.73 Å². The summed E-state index contributed by atoms with van der Waals surface area (Å²) in [6.45, 7) is 2.30. The van der Waals surface area contributed by atoms with Crippen LogP contribution in [0.3, 0.4) is 0 Å². The predicted octanol–water partition coefficient (Wildman–Crippen LogP) is 1.37. The second-order valence-corrected chi connectivity index (χ2v) is 3.06. The summed E-state index contributed by atoms with van der Waals surface area (Å²) in [6, 6.07) is 1.64. The number of halogens is 1. The Hall–Kier alpha value is -0.970. The highest BCUT2D eigenvalue weighted by Crippen LogP contribution is 2.12. The number of nitrogens with zero attached hydrogens (tertiary/aromatic N) is 1. The van der Waals surface area contributed by atoms with Gasteiger partial charge in [-0.3, -0.25) is 5.41 Å². The lowest BCUT2D eigenvalue weighted by Crippen LogP contribution is -2.19. The van der Waals surface area contributed by atoms with Crippen LogP contribution in [0.25, 0.3) is 0 Å². The Bertz CT molecular complexity index is 335. The van der Waals surface area contributed by atoms with Crippen molar-refractivity contribution < 1.29 is 9.94 Å². The van der Waals surface area contributed by atoms with Gasteiger partial charge in [0.25, 0.3) is 0 Å². The maximum Gasteiger partial charge on any atom is 0.203 e. The molecule has 0 aromatic carbocycles. The van der Waals surface area contributed by atoms with E-state index in [-0.39, 0.29) is 5.49 Å². The first-order valence-electron chi connectivity index (χ1n) is 3.44. The standard InChI is InChI=1S/C7H9BrN2O2/c1-2-12-6-3-5(8)4-10(11)7(6)9/h3-4,9,11H,2H2,1H3. The van der Waals surface area contributed by atoms with Crippen LogP contribution in [0.2, 0.25) is 0 Å². The minimum atomic E-state index is -0.0555. The van der Waals surface area contributed by atoms with Gasteiger partial charge in [-0.25, -0.2) is 0 Å². The number of ether oxygens (including phenoxy) is 1. The smallest absolute Gasteiger partial charge is 0.203 e. The fourth-order valence-corrected chi connectivity index (χ4v) is 1.19. The summed E-state index contributed by atoms with van der Waals surface area (Å²) in [7, 11) is 0. The first-order chi connectivity index (χ1) is 5.65. The second-order valence-electron chi connectivity index (χ2n) is 2.15. The van der Waals surface area contributed by atoms with Crippen LogP contribution >= 0.6 is 15.9 Å². The topological polar surface area (TPSA) is 58.2 Å². The van der Waals surface area contributed by atoms with Crippen LogP contribution < -0.4 is 10.2 Å². The third-order valence-corrected chi connectivity index (χ3v) is 1.71. The Labute approximate surface area is 78.0 Å². The molecule has 0 aliphatic rings. The molecule has 0 bridgehead atoms. The van der Waals surface area contributed by atoms with E-state index in [1.54, 1.807) is 6.07 Å². The number of nitrogens with one attached hydrogen (secondary N) is 1. The van der Waals surface area contributed by atoms with Crippen LogP contribution in [0.1, 0.15) is 6.92 Å². The molecular formula is C7H9BrN2O2. The van der Waals surface area contributed by atoms with Crippen molar-refractivity contribution in [3.8, 4) is 5.75 Å². The molecule has 0 unspecified atom stereocenters. The van der Waals surface area contributed by atoms with Crippen LogP contribution in [0.5, 0.6) is 5.75 Å². The molecule has 1 rings (SSSR count). The number of rotatable bonds is 2. The fraction of sp³-hybridized carbons (Fsp3) is 0.286. The van der Waals surface area contributed by atoms with Crippen LogP contribution in [0.15, 0.2) is 16.7 Å². The summed E-state index contributed by atoms with van der Waals surface area (Å²) < 4.78 is 6.47. The Balaban J connectivity index is 3.19. The number of hydrogen-bond acceptors (Lipinski definition) is 3. The molecule has 12 heavy (non-hydrogen) atoms. The third-order valence-electron chi connectivity index (χ3n) is 1.28. The zero-order valence-corrected chi connectivity index (χ0v) is 8.13. The zero-order valence-electron chi connectivity index (χ0n) is 6.54. The molecule has 0 atom stereocenters. The first kappa shape index (κ1) is 9.12. The Morgan fingerprint density at radius 2 is 2.42 bits per heavy atom. The number of aromatic nitrogens is 1. The molecule has 0 saturated heterocycles. The molecule has 0 aliphatic heterocycles. The highest BCUT2D eigenvalue weighted by Gasteiger charge is 2.01. The molecule has 1 aromatic heterocycles. The van der Waals surface area contributed by atoms with Gasteiger partial charge in [-0.1, -0.05) is 0 Å². The van der Waals surface area contributed by atoms with E-state index in [0.717, 1.165) is 0 Å². The Morgan fingerprint density at radius 1 is 1.75 bits per heavy atom.